The molecule has 1 aromatic carbocycles. The van der Waals surface area contributed by atoms with E-state index in [1.54, 1.807) is 0 Å². The number of piperidine rings is 1. The molecule has 3 heteroatoms. The zero-order valence-corrected chi connectivity index (χ0v) is 11.1. The Morgan fingerprint density at radius 2 is 1.83 bits per heavy atom. The Labute approximate surface area is 110 Å². The lowest BCUT2D eigenvalue weighted by Crippen LogP contribution is -2.43. The third-order valence-electron chi connectivity index (χ3n) is 3.59. The van der Waals surface area contributed by atoms with Crippen molar-refractivity contribution < 1.29 is 4.74 Å². The maximum Gasteiger partial charge on any atom is 0.119 e. The second-order valence-corrected chi connectivity index (χ2v) is 4.95. The molecule has 0 bridgehead atoms. The first-order valence-electron chi connectivity index (χ1n) is 7.02. The van der Waals surface area contributed by atoms with Crippen LogP contribution in [-0.4, -0.2) is 37.2 Å². The smallest absolute Gasteiger partial charge is 0.119 e. The van der Waals surface area contributed by atoms with E-state index < -0.39 is 0 Å². The summed E-state index contributed by atoms with van der Waals surface area (Å²) in [6.45, 7) is 3.88. The third-order valence-corrected chi connectivity index (χ3v) is 3.59. The molecule has 1 aromatic rings. The summed E-state index contributed by atoms with van der Waals surface area (Å²) >= 11 is 0. The second-order valence-electron chi connectivity index (χ2n) is 4.95. The van der Waals surface area contributed by atoms with Crippen LogP contribution in [0.5, 0.6) is 5.75 Å². The molecule has 1 heterocycles. The van der Waals surface area contributed by atoms with Crippen LogP contribution in [0.25, 0.3) is 0 Å². The largest absolute Gasteiger partial charge is 0.492 e. The van der Waals surface area contributed by atoms with Gasteiger partial charge in [0.2, 0.25) is 0 Å². The van der Waals surface area contributed by atoms with Crippen LogP contribution >= 0.6 is 0 Å². The number of rotatable bonds is 6. The van der Waals surface area contributed by atoms with E-state index in [0.29, 0.717) is 6.04 Å². The minimum absolute atomic E-state index is 0.468. The van der Waals surface area contributed by atoms with Gasteiger partial charge in [0, 0.05) is 6.04 Å². The molecule has 2 N–H and O–H groups in total. The lowest BCUT2D eigenvalue weighted by molar-refractivity contribution is 0.109. The van der Waals surface area contributed by atoms with Gasteiger partial charge < -0.3 is 10.5 Å². The maximum absolute atomic E-state index is 5.88. The average Bonchev–Trinajstić information content (AvgIpc) is 2.45. The first kappa shape index (κ1) is 13.4. The fraction of sp³-hybridized carbons (Fsp3) is 0.600. The Hall–Kier alpha value is -1.06. The summed E-state index contributed by atoms with van der Waals surface area (Å²) in [7, 11) is 0. The van der Waals surface area contributed by atoms with Gasteiger partial charge in [-0.25, -0.2) is 0 Å². The van der Waals surface area contributed by atoms with Gasteiger partial charge >= 0.3 is 0 Å². The van der Waals surface area contributed by atoms with Gasteiger partial charge in [-0.15, -0.1) is 0 Å². The first-order valence-corrected chi connectivity index (χ1v) is 7.02. The molecular formula is C15H24N2O. The molecular weight excluding hydrogens is 224 g/mol. The summed E-state index contributed by atoms with van der Waals surface area (Å²) in [5, 5.41) is 0. The van der Waals surface area contributed by atoms with Crippen LogP contribution in [0.15, 0.2) is 30.3 Å². The molecule has 0 spiro atoms. The van der Waals surface area contributed by atoms with Crippen LogP contribution in [0.2, 0.25) is 0 Å². The standard InChI is InChI=1S/C15H24N2O/c16-10-9-14(17-11-5-2-6-12-17)13-18-15-7-3-1-4-8-15/h1,3-4,7-8,14H,2,5-6,9-13,16H2. The quantitative estimate of drug-likeness (QED) is 0.839. The fourth-order valence-corrected chi connectivity index (χ4v) is 2.56. The van der Waals surface area contributed by atoms with Gasteiger partial charge in [0.1, 0.15) is 12.4 Å². The van der Waals surface area contributed by atoms with Gasteiger partial charge in [-0.2, -0.15) is 0 Å². The fourth-order valence-electron chi connectivity index (χ4n) is 2.56. The van der Waals surface area contributed by atoms with E-state index in [4.69, 9.17) is 10.5 Å². The summed E-state index contributed by atoms with van der Waals surface area (Å²) in [6.07, 6.45) is 5.01. The normalized spacial score (nSPS) is 18.5. The van der Waals surface area contributed by atoms with E-state index in [9.17, 15) is 0 Å². The van der Waals surface area contributed by atoms with Gasteiger partial charge in [-0.05, 0) is 51.0 Å². The minimum Gasteiger partial charge on any atom is -0.492 e. The van der Waals surface area contributed by atoms with E-state index in [1.807, 2.05) is 30.3 Å². The number of nitrogens with two attached hydrogens (primary N) is 1. The highest BCUT2D eigenvalue weighted by Crippen LogP contribution is 2.16. The average molecular weight is 248 g/mol. The zero-order valence-electron chi connectivity index (χ0n) is 11.1. The Morgan fingerprint density at radius 1 is 1.11 bits per heavy atom. The summed E-state index contributed by atoms with van der Waals surface area (Å²) in [5.41, 5.74) is 5.72. The molecule has 0 amide bonds. The summed E-state index contributed by atoms with van der Waals surface area (Å²) in [5.74, 6) is 0.955. The molecule has 1 aliphatic rings. The molecule has 3 nitrogen and oxygen atoms in total. The van der Waals surface area contributed by atoms with Gasteiger partial charge in [0.25, 0.3) is 0 Å². The van der Waals surface area contributed by atoms with Crippen molar-refractivity contribution in [2.45, 2.75) is 31.7 Å². The van der Waals surface area contributed by atoms with Crippen LogP contribution in [0.3, 0.4) is 0 Å². The molecule has 1 saturated heterocycles. The Balaban J connectivity index is 1.85. The Bertz CT molecular complexity index is 323. The highest BCUT2D eigenvalue weighted by atomic mass is 16.5. The Kier molecular flexibility index (Phi) is 5.49. The first-order chi connectivity index (χ1) is 8.90. The predicted octanol–water partition coefficient (Wildman–Crippen LogP) is 2.27. The van der Waals surface area contributed by atoms with Gasteiger partial charge in [0.15, 0.2) is 0 Å². The highest BCUT2D eigenvalue weighted by Gasteiger charge is 2.20. The number of ether oxygens (including phenoxy) is 1. The lowest BCUT2D eigenvalue weighted by Gasteiger charge is -2.34. The molecule has 100 valence electrons. The molecule has 0 aliphatic carbocycles. The van der Waals surface area contributed by atoms with Crippen molar-refractivity contribution in [3.05, 3.63) is 30.3 Å². The molecule has 0 aromatic heterocycles. The van der Waals surface area contributed by atoms with Crippen molar-refractivity contribution in [2.24, 2.45) is 5.73 Å². The number of likely N-dealkylation sites (tertiary alicyclic amines) is 1. The van der Waals surface area contributed by atoms with Crippen molar-refractivity contribution in [2.75, 3.05) is 26.2 Å². The SMILES string of the molecule is NCCC(COc1ccccc1)N1CCCCC1. The topological polar surface area (TPSA) is 38.5 Å². The highest BCUT2D eigenvalue weighted by molar-refractivity contribution is 5.20. The van der Waals surface area contributed by atoms with Crippen molar-refractivity contribution in [3.63, 3.8) is 0 Å². The van der Waals surface area contributed by atoms with Crippen molar-refractivity contribution >= 4 is 0 Å². The van der Waals surface area contributed by atoms with Gasteiger partial charge in [0.05, 0.1) is 0 Å². The van der Waals surface area contributed by atoms with Crippen LogP contribution < -0.4 is 10.5 Å². The number of hydrogen-bond donors (Lipinski definition) is 1. The van der Waals surface area contributed by atoms with E-state index in [2.05, 4.69) is 4.90 Å². The minimum atomic E-state index is 0.468. The van der Waals surface area contributed by atoms with Crippen LogP contribution in [0, 0.1) is 0 Å². The monoisotopic (exact) mass is 248 g/mol. The van der Waals surface area contributed by atoms with E-state index in [-0.39, 0.29) is 0 Å². The van der Waals surface area contributed by atoms with E-state index >= 15 is 0 Å². The van der Waals surface area contributed by atoms with E-state index in [0.717, 1.165) is 25.3 Å². The van der Waals surface area contributed by atoms with Crippen LogP contribution in [0.1, 0.15) is 25.7 Å². The zero-order chi connectivity index (χ0) is 12.6. The van der Waals surface area contributed by atoms with Crippen molar-refractivity contribution in [1.29, 1.82) is 0 Å². The van der Waals surface area contributed by atoms with Crippen LogP contribution in [-0.2, 0) is 0 Å². The molecule has 1 unspecified atom stereocenters. The second kappa shape index (κ2) is 7.39. The molecule has 2 rings (SSSR count). The summed E-state index contributed by atoms with van der Waals surface area (Å²) in [6, 6.07) is 10.5. The van der Waals surface area contributed by atoms with Gasteiger partial charge in [-0.3, -0.25) is 4.90 Å². The molecule has 1 atom stereocenters. The molecule has 0 radical (unpaired) electrons. The molecule has 0 saturated carbocycles. The van der Waals surface area contributed by atoms with Crippen molar-refractivity contribution in [3.8, 4) is 5.75 Å². The predicted molar refractivity (Wildman–Crippen MR) is 74.8 cm³/mol. The number of hydrogen-bond acceptors (Lipinski definition) is 3. The Morgan fingerprint density at radius 3 is 2.50 bits per heavy atom. The number of nitrogens with zero attached hydrogens (tertiary/aromatic N) is 1. The number of benzene rings is 1. The van der Waals surface area contributed by atoms with Crippen molar-refractivity contribution in [1.82, 2.24) is 4.90 Å². The third kappa shape index (κ3) is 4.00. The van der Waals surface area contributed by atoms with E-state index in [1.165, 1.54) is 32.4 Å². The maximum atomic E-state index is 5.88. The van der Waals surface area contributed by atoms with Crippen LogP contribution in [0.4, 0.5) is 0 Å². The number of para-hydroxylation sites is 1. The summed E-state index contributed by atoms with van der Waals surface area (Å²) in [4.78, 5) is 2.54. The molecule has 18 heavy (non-hydrogen) atoms. The lowest BCUT2D eigenvalue weighted by atomic mass is 10.1. The molecule has 1 aliphatic heterocycles. The molecule has 1 fully saturated rings. The van der Waals surface area contributed by atoms with Gasteiger partial charge in [-0.1, -0.05) is 24.6 Å². The summed E-state index contributed by atoms with van der Waals surface area (Å²) < 4.78 is 5.88.